The summed E-state index contributed by atoms with van der Waals surface area (Å²) in [4.78, 5) is 10.9. The molecule has 3 N–H and O–H groups in total. The van der Waals surface area contributed by atoms with E-state index in [1.54, 1.807) is 6.92 Å². The molecular formula is C10H20N2O. The molecule has 0 aromatic heterocycles. The fraction of sp³-hybridized carbons (Fsp3) is 0.700. The molecule has 0 aromatic rings. The highest BCUT2D eigenvalue weighted by molar-refractivity contribution is 5.91. The van der Waals surface area contributed by atoms with Crippen molar-refractivity contribution in [2.45, 2.75) is 46.6 Å². The second-order valence-electron chi connectivity index (χ2n) is 3.52. The summed E-state index contributed by atoms with van der Waals surface area (Å²) in [5.74, 6) is -0.336. The third-order valence-corrected chi connectivity index (χ3v) is 1.79. The van der Waals surface area contributed by atoms with Crippen LogP contribution < -0.4 is 11.1 Å². The summed E-state index contributed by atoms with van der Waals surface area (Å²) in [7, 11) is 0. The van der Waals surface area contributed by atoms with Gasteiger partial charge in [0.15, 0.2) is 0 Å². The Bertz CT molecular complexity index is 207. The molecular weight excluding hydrogens is 164 g/mol. The van der Waals surface area contributed by atoms with E-state index in [-0.39, 0.29) is 5.91 Å². The van der Waals surface area contributed by atoms with Crippen LogP contribution in [0, 0.1) is 0 Å². The number of carbonyl (C=O) groups excluding carboxylic acids is 1. The van der Waals surface area contributed by atoms with Crippen LogP contribution in [-0.2, 0) is 4.79 Å². The van der Waals surface area contributed by atoms with Crippen molar-refractivity contribution < 1.29 is 4.79 Å². The third-order valence-electron chi connectivity index (χ3n) is 1.79. The Morgan fingerprint density at radius 3 is 2.31 bits per heavy atom. The predicted molar refractivity (Wildman–Crippen MR) is 55.1 cm³/mol. The van der Waals surface area contributed by atoms with E-state index in [1.165, 1.54) is 0 Å². The average Bonchev–Trinajstić information content (AvgIpc) is 2.01. The van der Waals surface area contributed by atoms with Crippen LogP contribution in [0.2, 0.25) is 0 Å². The molecule has 3 nitrogen and oxygen atoms in total. The zero-order chi connectivity index (χ0) is 10.4. The minimum atomic E-state index is -0.336. The van der Waals surface area contributed by atoms with Crippen molar-refractivity contribution in [1.82, 2.24) is 5.32 Å². The highest BCUT2D eigenvalue weighted by atomic mass is 16.1. The van der Waals surface area contributed by atoms with Crippen LogP contribution in [0.3, 0.4) is 0 Å². The fourth-order valence-corrected chi connectivity index (χ4v) is 1.12. The standard InChI is InChI=1S/C10H20N2O/c1-5-6-9(12-7(2)3)8(4)10(11)13/h7,12H,5-6H2,1-4H3,(H2,11,13)/b9-8+. The molecule has 0 heterocycles. The molecule has 0 spiro atoms. The Morgan fingerprint density at radius 1 is 1.46 bits per heavy atom. The molecule has 0 fully saturated rings. The first-order chi connectivity index (χ1) is 5.99. The molecule has 0 aliphatic heterocycles. The molecule has 0 bridgehead atoms. The minimum Gasteiger partial charge on any atom is -0.386 e. The summed E-state index contributed by atoms with van der Waals surface area (Å²) in [5.41, 5.74) is 6.83. The maximum atomic E-state index is 10.9. The number of amides is 1. The largest absolute Gasteiger partial charge is 0.386 e. The molecule has 3 heteroatoms. The maximum absolute atomic E-state index is 10.9. The quantitative estimate of drug-likeness (QED) is 0.637. The molecule has 0 aromatic carbocycles. The third kappa shape index (κ3) is 4.55. The lowest BCUT2D eigenvalue weighted by Gasteiger charge is -2.15. The van der Waals surface area contributed by atoms with Gasteiger partial charge in [0.1, 0.15) is 0 Å². The first-order valence-electron chi connectivity index (χ1n) is 4.75. The van der Waals surface area contributed by atoms with E-state index in [4.69, 9.17) is 5.73 Å². The maximum Gasteiger partial charge on any atom is 0.246 e. The topological polar surface area (TPSA) is 55.1 Å². The summed E-state index contributed by atoms with van der Waals surface area (Å²) in [6, 6.07) is 0.343. The van der Waals surface area contributed by atoms with Gasteiger partial charge in [0.25, 0.3) is 0 Å². The molecule has 13 heavy (non-hydrogen) atoms. The van der Waals surface area contributed by atoms with E-state index in [1.807, 2.05) is 13.8 Å². The molecule has 0 unspecified atom stereocenters. The van der Waals surface area contributed by atoms with Crippen LogP contribution >= 0.6 is 0 Å². The summed E-state index contributed by atoms with van der Waals surface area (Å²) in [5, 5.41) is 3.24. The molecule has 0 saturated carbocycles. The summed E-state index contributed by atoms with van der Waals surface area (Å²) < 4.78 is 0. The van der Waals surface area contributed by atoms with Gasteiger partial charge in [-0.05, 0) is 27.2 Å². The number of allylic oxidation sites excluding steroid dienone is 1. The van der Waals surface area contributed by atoms with Crippen molar-refractivity contribution in [2.75, 3.05) is 0 Å². The number of nitrogens with two attached hydrogens (primary N) is 1. The molecule has 0 rings (SSSR count). The number of carbonyl (C=O) groups is 1. The van der Waals surface area contributed by atoms with Crippen molar-refractivity contribution in [2.24, 2.45) is 5.73 Å². The van der Waals surface area contributed by atoms with Crippen molar-refractivity contribution >= 4 is 5.91 Å². The van der Waals surface area contributed by atoms with Crippen LogP contribution in [-0.4, -0.2) is 11.9 Å². The van der Waals surface area contributed by atoms with Gasteiger partial charge in [-0.25, -0.2) is 0 Å². The minimum absolute atomic E-state index is 0.336. The van der Waals surface area contributed by atoms with Crippen molar-refractivity contribution in [3.8, 4) is 0 Å². The Labute approximate surface area is 80.4 Å². The lowest BCUT2D eigenvalue weighted by Crippen LogP contribution is -2.26. The van der Waals surface area contributed by atoms with E-state index >= 15 is 0 Å². The molecule has 1 amide bonds. The Balaban J connectivity index is 4.56. The van der Waals surface area contributed by atoms with Gasteiger partial charge in [-0.3, -0.25) is 4.79 Å². The van der Waals surface area contributed by atoms with E-state index in [0.29, 0.717) is 11.6 Å². The molecule has 0 radical (unpaired) electrons. The number of nitrogens with one attached hydrogen (secondary N) is 1. The van der Waals surface area contributed by atoms with Gasteiger partial charge in [-0.1, -0.05) is 13.3 Å². The van der Waals surface area contributed by atoms with Gasteiger partial charge in [0.05, 0.1) is 0 Å². The smallest absolute Gasteiger partial charge is 0.246 e. The highest BCUT2D eigenvalue weighted by Crippen LogP contribution is 2.08. The Morgan fingerprint density at radius 2 is 2.00 bits per heavy atom. The van der Waals surface area contributed by atoms with Gasteiger partial charge in [-0.2, -0.15) is 0 Å². The predicted octanol–water partition coefficient (Wildman–Crippen LogP) is 1.54. The number of primary amides is 1. The molecule has 0 saturated heterocycles. The number of hydrogen-bond acceptors (Lipinski definition) is 2. The monoisotopic (exact) mass is 184 g/mol. The van der Waals surface area contributed by atoms with E-state index in [2.05, 4.69) is 12.2 Å². The lowest BCUT2D eigenvalue weighted by molar-refractivity contribution is -0.114. The molecule has 76 valence electrons. The molecule has 0 aliphatic carbocycles. The first-order valence-corrected chi connectivity index (χ1v) is 4.75. The van der Waals surface area contributed by atoms with Crippen molar-refractivity contribution in [1.29, 1.82) is 0 Å². The highest BCUT2D eigenvalue weighted by Gasteiger charge is 2.07. The lowest BCUT2D eigenvalue weighted by atomic mass is 10.1. The van der Waals surface area contributed by atoms with E-state index in [9.17, 15) is 4.79 Å². The summed E-state index contributed by atoms with van der Waals surface area (Å²) in [6.45, 7) is 7.94. The van der Waals surface area contributed by atoms with Gasteiger partial charge in [0.2, 0.25) is 5.91 Å². The summed E-state index contributed by atoms with van der Waals surface area (Å²) in [6.07, 6.45) is 1.90. The van der Waals surface area contributed by atoms with Crippen LogP contribution in [0.4, 0.5) is 0 Å². The second kappa shape index (κ2) is 5.62. The SMILES string of the molecule is CCC/C(NC(C)C)=C(/C)C(N)=O. The second-order valence-corrected chi connectivity index (χ2v) is 3.52. The zero-order valence-corrected chi connectivity index (χ0v) is 8.98. The number of hydrogen-bond donors (Lipinski definition) is 2. The zero-order valence-electron chi connectivity index (χ0n) is 8.98. The molecule has 0 aliphatic rings. The van der Waals surface area contributed by atoms with Gasteiger partial charge in [-0.15, -0.1) is 0 Å². The van der Waals surface area contributed by atoms with Crippen LogP contribution in [0.15, 0.2) is 11.3 Å². The molecule has 0 atom stereocenters. The fourth-order valence-electron chi connectivity index (χ4n) is 1.12. The van der Waals surface area contributed by atoms with Gasteiger partial charge >= 0.3 is 0 Å². The van der Waals surface area contributed by atoms with Crippen molar-refractivity contribution in [3.63, 3.8) is 0 Å². The van der Waals surface area contributed by atoms with Gasteiger partial charge in [0, 0.05) is 17.3 Å². The van der Waals surface area contributed by atoms with E-state index < -0.39 is 0 Å². The Hall–Kier alpha value is -0.990. The van der Waals surface area contributed by atoms with Crippen LogP contribution in [0.25, 0.3) is 0 Å². The first kappa shape index (κ1) is 12.0. The normalized spacial score (nSPS) is 12.7. The van der Waals surface area contributed by atoms with Crippen LogP contribution in [0.1, 0.15) is 40.5 Å². The Kier molecular flexibility index (Phi) is 5.19. The van der Waals surface area contributed by atoms with E-state index in [0.717, 1.165) is 18.5 Å². The summed E-state index contributed by atoms with van der Waals surface area (Å²) >= 11 is 0. The average molecular weight is 184 g/mol. The number of rotatable bonds is 5. The van der Waals surface area contributed by atoms with Crippen LogP contribution in [0.5, 0.6) is 0 Å². The van der Waals surface area contributed by atoms with Gasteiger partial charge < -0.3 is 11.1 Å². The van der Waals surface area contributed by atoms with Crippen molar-refractivity contribution in [3.05, 3.63) is 11.3 Å².